The van der Waals surface area contributed by atoms with Gasteiger partial charge in [-0.05, 0) is 72.9 Å². The Morgan fingerprint density at radius 2 is 1.76 bits per heavy atom. The molecule has 4 amide bonds. The van der Waals surface area contributed by atoms with E-state index in [1.165, 1.54) is 17.2 Å². The molecule has 38 heavy (non-hydrogen) atoms. The summed E-state index contributed by atoms with van der Waals surface area (Å²) in [7, 11) is -3.71. The van der Waals surface area contributed by atoms with Crippen LogP contribution in [0.1, 0.15) is 39.9 Å². The van der Waals surface area contributed by atoms with Crippen LogP contribution in [-0.4, -0.2) is 43.5 Å². The molecule has 0 radical (unpaired) electrons. The van der Waals surface area contributed by atoms with Crippen molar-refractivity contribution in [3.05, 3.63) is 64.9 Å². The second kappa shape index (κ2) is 10.3. The molecule has 2 aromatic heterocycles. The molecule has 0 fully saturated rings. The predicted molar refractivity (Wildman–Crippen MR) is 137 cm³/mol. The molecule has 0 saturated heterocycles. The van der Waals surface area contributed by atoms with E-state index in [9.17, 15) is 23.0 Å². The Labute approximate surface area is 217 Å². The molecule has 198 valence electrons. The number of rotatable bonds is 5. The predicted octanol–water partition coefficient (Wildman–Crippen LogP) is 2.79. The maximum Gasteiger partial charge on any atom is 0.354 e. The summed E-state index contributed by atoms with van der Waals surface area (Å²) in [5, 5.41) is 17.2. The van der Waals surface area contributed by atoms with Gasteiger partial charge in [0.1, 0.15) is 33.0 Å². The molecule has 12 nitrogen and oxygen atoms in total. The monoisotopic (exact) mass is 540 g/mol. The number of nitrogens with two attached hydrogens (primary N) is 1. The summed E-state index contributed by atoms with van der Waals surface area (Å²) in [5.74, 6) is -1.15. The Morgan fingerprint density at radius 3 is 2.42 bits per heavy atom. The summed E-state index contributed by atoms with van der Waals surface area (Å²) < 4.78 is 30.5. The third-order valence-electron chi connectivity index (χ3n) is 6.44. The number of amides is 4. The van der Waals surface area contributed by atoms with Crippen LogP contribution in [0, 0.1) is 5.82 Å². The van der Waals surface area contributed by atoms with Crippen molar-refractivity contribution in [1.29, 1.82) is 0 Å². The Morgan fingerprint density at radius 1 is 1.05 bits per heavy atom. The molecule has 2 aliphatic rings. The van der Waals surface area contributed by atoms with Crippen molar-refractivity contribution in [2.24, 2.45) is 9.50 Å². The summed E-state index contributed by atoms with van der Waals surface area (Å²) in [4.78, 5) is 40.7. The van der Waals surface area contributed by atoms with E-state index >= 15 is 0 Å². The maximum absolute atomic E-state index is 13.1. The van der Waals surface area contributed by atoms with E-state index in [-0.39, 0.29) is 10.7 Å². The van der Waals surface area contributed by atoms with Gasteiger partial charge in [-0.3, -0.25) is 10.1 Å². The average molecular weight is 541 g/mol. The smallest absolute Gasteiger partial charge is 0.329 e. The number of benzene rings is 1. The molecule has 2 heterocycles. The van der Waals surface area contributed by atoms with E-state index in [4.69, 9.17) is 5.14 Å². The highest BCUT2D eigenvalue weighted by Crippen LogP contribution is 2.38. The lowest BCUT2D eigenvalue weighted by Crippen LogP contribution is -2.35. The van der Waals surface area contributed by atoms with Crippen molar-refractivity contribution in [3.8, 4) is 0 Å². The molecule has 3 aromatic rings. The zero-order chi connectivity index (χ0) is 26.9. The summed E-state index contributed by atoms with van der Waals surface area (Å²) in [5.41, 5.74) is 5.41. The third-order valence-corrected chi connectivity index (χ3v) is 7.77. The highest BCUT2D eigenvalue weighted by atomic mass is 32.2. The van der Waals surface area contributed by atoms with Gasteiger partial charge in [0.25, 0.3) is 5.91 Å². The number of aromatic nitrogens is 3. The number of nitrogens with zero attached hydrogens (tertiary/aromatic N) is 4. The quantitative estimate of drug-likeness (QED) is 0.387. The number of hydrogen-bond donors (Lipinski definition) is 4. The molecule has 1 unspecified atom stereocenters. The summed E-state index contributed by atoms with van der Waals surface area (Å²) in [6.45, 7) is -0.470. The van der Waals surface area contributed by atoms with Crippen LogP contribution in [-0.2, 0) is 35.6 Å². The minimum absolute atomic E-state index is 0.0888. The third kappa shape index (κ3) is 5.40. The van der Waals surface area contributed by atoms with Gasteiger partial charge in [0.2, 0.25) is 0 Å². The first kappa shape index (κ1) is 25.5. The zero-order valence-corrected chi connectivity index (χ0v) is 21.0. The summed E-state index contributed by atoms with van der Waals surface area (Å²) in [6.07, 6.45) is 8.78. The van der Waals surface area contributed by atoms with Crippen LogP contribution in [0.3, 0.4) is 0 Å². The molecular weight excluding hydrogens is 515 g/mol. The van der Waals surface area contributed by atoms with Crippen LogP contribution in [0.2, 0.25) is 0 Å². The first-order valence-corrected chi connectivity index (χ1v) is 13.5. The van der Waals surface area contributed by atoms with Crippen LogP contribution >= 0.6 is 0 Å². The van der Waals surface area contributed by atoms with Gasteiger partial charge in [0.05, 0.1) is 18.6 Å². The lowest BCUT2D eigenvalue weighted by molar-refractivity contribution is 0.0899. The van der Waals surface area contributed by atoms with Gasteiger partial charge < -0.3 is 10.6 Å². The standard InChI is InChI=1S/C24H25FN8O4S/c25-16-7-8-20(27-10-16)30-23(35)28-12-21(34)33-13-17(11-29-33)38(26,37)32-24(36)31-22-18-5-1-3-14(18)9-15-4-2-6-19(15)22/h7-11,13H,1-6,12H2,(H2,27,28,30,35)(H3,26,31,32,36,37). The molecular formula is C24H25FN8O4S. The molecule has 14 heteroatoms. The second-order valence-corrected chi connectivity index (χ2v) is 10.8. The van der Waals surface area contributed by atoms with Gasteiger partial charge >= 0.3 is 12.1 Å². The van der Waals surface area contributed by atoms with Gasteiger partial charge in [-0.15, -0.1) is 4.36 Å². The lowest BCUT2D eigenvalue weighted by atomic mass is 9.99. The first-order valence-electron chi connectivity index (χ1n) is 12.0. The molecule has 5 rings (SSSR count). The van der Waals surface area contributed by atoms with E-state index < -0.39 is 40.2 Å². The number of carbonyl (C=O) groups excluding carboxylic acids is 3. The Hall–Kier alpha value is -4.17. The number of nitrogens with one attached hydrogen (secondary N) is 3. The van der Waals surface area contributed by atoms with E-state index in [0.29, 0.717) is 0 Å². The van der Waals surface area contributed by atoms with Gasteiger partial charge in [-0.1, -0.05) is 6.07 Å². The van der Waals surface area contributed by atoms with Crippen LogP contribution in [0.4, 0.5) is 25.5 Å². The fraction of sp³-hybridized carbons (Fsp3) is 0.292. The summed E-state index contributed by atoms with van der Waals surface area (Å²) in [6, 6.07) is 3.02. The van der Waals surface area contributed by atoms with Crippen molar-refractivity contribution in [2.45, 2.75) is 43.4 Å². The van der Waals surface area contributed by atoms with Crippen LogP contribution < -0.4 is 21.1 Å². The highest BCUT2D eigenvalue weighted by molar-refractivity contribution is 7.91. The van der Waals surface area contributed by atoms with Gasteiger partial charge in [0.15, 0.2) is 0 Å². The molecule has 5 N–H and O–H groups in total. The van der Waals surface area contributed by atoms with E-state index in [1.807, 2.05) is 0 Å². The normalized spacial score (nSPS) is 15.2. The molecule has 2 aliphatic carbocycles. The SMILES string of the molecule is NS(=O)(=NC(=O)Nc1c2c(cc3c1CCC3)CCC2)c1cnn(C(=O)CNC(=O)Nc2ccc(F)cn2)c1. The highest BCUT2D eigenvalue weighted by Gasteiger charge is 2.25. The minimum atomic E-state index is -3.71. The maximum atomic E-state index is 13.1. The average Bonchev–Trinajstić information content (AvgIpc) is 3.64. The number of carbonyl (C=O) groups is 3. The van der Waals surface area contributed by atoms with Crippen LogP contribution in [0.5, 0.6) is 0 Å². The van der Waals surface area contributed by atoms with Gasteiger partial charge in [0, 0.05) is 5.69 Å². The Balaban J connectivity index is 1.24. The molecule has 1 aromatic carbocycles. The largest absolute Gasteiger partial charge is 0.354 e. The number of halogens is 1. The molecule has 0 spiro atoms. The molecule has 0 saturated carbocycles. The van der Waals surface area contributed by atoms with Crippen molar-refractivity contribution in [3.63, 3.8) is 0 Å². The molecule has 0 aliphatic heterocycles. The topological polar surface area (TPSA) is 173 Å². The summed E-state index contributed by atoms with van der Waals surface area (Å²) >= 11 is 0. The number of anilines is 2. The Bertz CT molecular complexity index is 1530. The minimum Gasteiger partial charge on any atom is -0.329 e. The van der Waals surface area contributed by atoms with Crippen LogP contribution in [0.25, 0.3) is 0 Å². The van der Waals surface area contributed by atoms with E-state index in [1.54, 1.807) is 0 Å². The number of urea groups is 2. The van der Waals surface area contributed by atoms with Gasteiger partial charge in [-0.2, -0.15) is 5.10 Å². The number of fused-ring (bicyclic) bond motifs is 2. The number of hydrogen-bond acceptors (Lipinski definition) is 6. The van der Waals surface area contributed by atoms with Gasteiger partial charge in [-0.25, -0.2) is 33.0 Å². The lowest BCUT2D eigenvalue weighted by Gasteiger charge is -2.15. The molecule has 1 atom stereocenters. The molecule has 0 bridgehead atoms. The first-order chi connectivity index (χ1) is 18.2. The van der Waals surface area contributed by atoms with Crippen LogP contribution in [0.15, 0.2) is 46.0 Å². The second-order valence-electron chi connectivity index (χ2n) is 9.01. The van der Waals surface area contributed by atoms with Crippen molar-refractivity contribution in [2.75, 3.05) is 17.2 Å². The van der Waals surface area contributed by atoms with E-state index in [2.05, 4.69) is 36.5 Å². The Kier molecular flexibility index (Phi) is 6.91. The fourth-order valence-corrected chi connectivity index (χ4v) is 5.56. The number of aryl methyl sites for hydroxylation is 2. The van der Waals surface area contributed by atoms with Crippen molar-refractivity contribution >= 4 is 39.4 Å². The van der Waals surface area contributed by atoms with Crippen molar-refractivity contribution in [1.82, 2.24) is 20.1 Å². The number of pyridine rings is 1. The van der Waals surface area contributed by atoms with Crippen molar-refractivity contribution < 1.29 is 23.0 Å². The fourth-order valence-electron chi connectivity index (χ4n) is 4.71. The zero-order valence-electron chi connectivity index (χ0n) is 20.2. The van der Waals surface area contributed by atoms with E-state index in [0.717, 1.165) is 84.7 Å².